The summed E-state index contributed by atoms with van der Waals surface area (Å²) in [6.07, 6.45) is 3.99. The molecular formula is C15H24N2O3. The topological polar surface area (TPSA) is 54.7 Å². The van der Waals surface area contributed by atoms with Gasteiger partial charge in [0.2, 0.25) is 5.76 Å². The van der Waals surface area contributed by atoms with Gasteiger partial charge in [-0.15, -0.1) is 0 Å². The van der Waals surface area contributed by atoms with Crippen LogP contribution in [0.25, 0.3) is 0 Å². The number of likely N-dealkylation sites (tertiary alicyclic amines) is 1. The normalized spacial score (nSPS) is 17.9. The molecule has 1 N–H and O–H groups in total. The van der Waals surface area contributed by atoms with E-state index in [9.17, 15) is 4.79 Å². The van der Waals surface area contributed by atoms with Gasteiger partial charge in [-0.2, -0.15) is 0 Å². The summed E-state index contributed by atoms with van der Waals surface area (Å²) in [4.78, 5) is 13.8. The Balaban J connectivity index is 1.73. The van der Waals surface area contributed by atoms with E-state index in [1.54, 1.807) is 6.07 Å². The molecule has 5 heteroatoms. The minimum Gasteiger partial charge on any atom is -0.463 e. The van der Waals surface area contributed by atoms with Crippen LogP contribution in [0.3, 0.4) is 0 Å². The Hall–Kier alpha value is -1.33. The van der Waals surface area contributed by atoms with Crippen LogP contribution in [0.4, 0.5) is 0 Å². The van der Waals surface area contributed by atoms with Gasteiger partial charge in [0, 0.05) is 12.6 Å². The number of nitrogens with one attached hydrogen (secondary N) is 1. The van der Waals surface area contributed by atoms with Crippen LogP contribution in [0.1, 0.15) is 42.5 Å². The van der Waals surface area contributed by atoms with Gasteiger partial charge in [-0.3, -0.25) is 0 Å². The van der Waals surface area contributed by atoms with Crippen molar-refractivity contribution in [3.63, 3.8) is 0 Å². The fraction of sp³-hybridized carbons (Fsp3) is 0.667. The van der Waals surface area contributed by atoms with Crippen molar-refractivity contribution in [2.24, 2.45) is 0 Å². The minimum atomic E-state index is -0.433. The van der Waals surface area contributed by atoms with Gasteiger partial charge in [0.1, 0.15) is 5.76 Å². The quantitative estimate of drug-likeness (QED) is 0.808. The van der Waals surface area contributed by atoms with Crippen molar-refractivity contribution < 1.29 is 13.9 Å². The molecule has 0 saturated carbocycles. The van der Waals surface area contributed by atoms with Crippen LogP contribution in [-0.4, -0.2) is 43.7 Å². The number of hydrogen-bond donors (Lipinski definition) is 1. The van der Waals surface area contributed by atoms with Crippen LogP contribution in [-0.2, 0) is 11.3 Å². The Morgan fingerprint density at radius 1 is 1.40 bits per heavy atom. The minimum absolute atomic E-state index is 0.257. The van der Waals surface area contributed by atoms with Gasteiger partial charge in [0.15, 0.2) is 0 Å². The largest absolute Gasteiger partial charge is 0.463 e. The lowest BCUT2D eigenvalue weighted by Crippen LogP contribution is -2.41. The van der Waals surface area contributed by atoms with E-state index in [1.165, 1.54) is 39.5 Å². The predicted octanol–water partition coefficient (Wildman–Crippen LogP) is 2.03. The zero-order chi connectivity index (χ0) is 14.4. The number of esters is 1. The summed E-state index contributed by atoms with van der Waals surface area (Å²) in [5.41, 5.74) is 0. The molecule has 0 aromatic carbocycles. The summed E-state index contributed by atoms with van der Waals surface area (Å²) in [6, 6.07) is 3.87. The SMILES string of the molecule is COC(=O)c1ccc(CNC(C)CN2CCCCC2)o1. The van der Waals surface area contributed by atoms with Crippen molar-refractivity contribution in [1.82, 2.24) is 10.2 Å². The molecule has 1 aliphatic rings. The molecule has 1 fully saturated rings. The molecule has 0 bridgehead atoms. The van der Waals surface area contributed by atoms with E-state index in [0.717, 1.165) is 12.3 Å². The molecule has 0 amide bonds. The summed E-state index contributed by atoms with van der Waals surface area (Å²) >= 11 is 0. The lowest BCUT2D eigenvalue weighted by molar-refractivity contribution is 0.0562. The monoisotopic (exact) mass is 280 g/mol. The first-order valence-corrected chi connectivity index (χ1v) is 7.32. The molecule has 0 spiro atoms. The molecule has 0 aliphatic carbocycles. The maximum Gasteiger partial charge on any atom is 0.373 e. The summed E-state index contributed by atoms with van der Waals surface area (Å²) in [5, 5.41) is 3.43. The van der Waals surface area contributed by atoms with Crippen LogP contribution in [0.2, 0.25) is 0 Å². The molecule has 112 valence electrons. The van der Waals surface area contributed by atoms with Crippen molar-refractivity contribution in [3.8, 4) is 0 Å². The summed E-state index contributed by atoms with van der Waals surface area (Å²) in [5.74, 6) is 0.585. The van der Waals surface area contributed by atoms with Gasteiger partial charge < -0.3 is 19.4 Å². The fourth-order valence-corrected chi connectivity index (χ4v) is 2.55. The Labute approximate surface area is 120 Å². The fourth-order valence-electron chi connectivity index (χ4n) is 2.55. The van der Waals surface area contributed by atoms with E-state index >= 15 is 0 Å². The highest BCUT2D eigenvalue weighted by Gasteiger charge is 2.14. The van der Waals surface area contributed by atoms with Gasteiger partial charge in [0.25, 0.3) is 0 Å². The second-order valence-corrected chi connectivity index (χ2v) is 5.40. The van der Waals surface area contributed by atoms with Crippen LogP contribution < -0.4 is 5.32 Å². The van der Waals surface area contributed by atoms with Crippen molar-refractivity contribution in [3.05, 3.63) is 23.7 Å². The highest BCUT2D eigenvalue weighted by molar-refractivity contribution is 5.86. The number of furan rings is 1. The number of ether oxygens (including phenoxy) is 1. The van der Waals surface area contributed by atoms with Gasteiger partial charge in [-0.05, 0) is 45.0 Å². The third-order valence-corrected chi connectivity index (χ3v) is 3.65. The number of hydrogen-bond acceptors (Lipinski definition) is 5. The molecule has 1 aromatic heterocycles. The van der Waals surface area contributed by atoms with Gasteiger partial charge >= 0.3 is 5.97 Å². The smallest absolute Gasteiger partial charge is 0.373 e. The average molecular weight is 280 g/mol. The Morgan fingerprint density at radius 3 is 2.85 bits per heavy atom. The second kappa shape index (κ2) is 7.45. The van der Waals surface area contributed by atoms with E-state index in [-0.39, 0.29) is 5.76 Å². The highest BCUT2D eigenvalue weighted by Crippen LogP contribution is 2.11. The molecule has 0 radical (unpaired) electrons. The number of rotatable bonds is 6. The Morgan fingerprint density at radius 2 is 2.15 bits per heavy atom. The zero-order valence-electron chi connectivity index (χ0n) is 12.4. The number of nitrogens with zero attached hydrogens (tertiary/aromatic N) is 1. The molecule has 2 rings (SSSR count). The molecule has 1 aromatic rings. The lowest BCUT2D eigenvalue weighted by Gasteiger charge is -2.29. The second-order valence-electron chi connectivity index (χ2n) is 5.40. The van der Waals surface area contributed by atoms with E-state index in [4.69, 9.17) is 4.42 Å². The van der Waals surface area contributed by atoms with E-state index in [2.05, 4.69) is 21.9 Å². The van der Waals surface area contributed by atoms with Crippen LogP contribution in [0.15, 0.2) is 16.5 Å². The summed E-state index contributed by atoms with van der Waals surface area (Å²) in [7, 11) is 1.35. The summed E-state index contributed by atoms with van der Waals surface area (Å²) in [6.45, 7) is 6.29. The first kappa shape index (κ1) is 15.1. The average Bonchev–Trinajstić information content (AvgIpc) is 2.94. The molecule has 1 unspecified atom stereocenters. The van der Waals surface area contributed by atoms with Crippen LogP contribution in [0.5, 0.6) is 0 Å². The Bertz CT molecular complexity index is 425. The van der Waals surface area contributed by atoms with Crippen molar-refractivity contribution in [2.45, 2.75) is 38.8 Å². The van der Waals surface area contributed by atoms with Crippen molar-refractivity contribution in [1.29, 1.82) is 0 Å². The first-order chi connectivity index (χ1) is 9.69. The number of methoxy groups -OCH3 is 1. The molecule has 1 aliphatic heterocycles. The number of piperidine rings is 1. The van der Waals surface area contributed by atoms with Crippen molar-refractivity contribution in [2.75, 3.05) is 26.7 Å². The van der Waals surface area contributed by atoms with Crippen LogP contribution in [0, 0.1) is 0 Å². The molecule has 5 nitrogen and oxygen atoms in total. The van der Waals surface area contributed by atoms with Crippen molar-refractivity contribution >= 4 is 5.97 Å². The van der Waals surface area contributed by atoms with Gasteiger partial charge in [0.05, 0.1) is 13.7 Å². The molecular weight excluding hydrogens is 256 g/mol. The highest BCUT2D eigenvalue weighted by atomic mass is 16.5. The predicted molar refractivity (Wildman–Crippen MR) is 76.6 cm³/mol. The maximum atomic E-state index is 11.3. The number of carbonyl (C=O) groups excluding carboxylic acids is 1. The molecule has 2 heterocycles. The molecule has 20 heavy (non-hydrogen) atoms. The lowest BCUT2D eigenvalue weighted by atomic mass is 10.1. The van der Waals surface area contributed by atoms with E-state index in [1.807, 2.05) is 6.07 Å². The van der Waals surface area contributed by atoms with Gasteiger partial charge in [-0.25, -0.2) is 4.79 Å². The third kappa shape index (κ3) is 4.35. The standard InChI is InChI=1S/C15H24N2O3/c1-12(11-17-8-4-3-5-9-17)16-10-13-6-7-14(20-13)15(18)19-2/h6-7,12,16H,3-5,8-11H2,1-2H3. The van der Waals surface area contributed by atoms with E-state index in [0.29, 0.717) is 12.6 Å². The molecule has 1 saturated heterocycles. The first-order valence-electron chi connectivity index (χ1n) is 7.32. The zero-order valence-corrected chi connectivity index (χ0v) is 12.4. The Kier molecular flexibility index (Phi) is 5.61. The maximum absolute atomic E-state index is 11.3. The van der Waals surface area contributed by atoms with E-state index < -0.39 is 5.97 Å². The summed E-state index contributed by atoms with van der Waals surface area (Å²) < 4.78 is 10.0. The van der Waals surface area contributed by atoms with Gasteiger partial charge in [-0.1, -0.05) is 6.42 Å². The van der Waals surface area contributed by atoms with Crippen LogP contribution >= 0.6 is 0 Å². The molecule has 1 atom stereocenters. The number of carbonyl (C=O) groups is 1. The third-order valence-electron chi connectivity index (χ3n) is 3.65.